The van der Waals surface area contributed by atoms with Crippen LogP contribution in [-0.2, 0) is 4.74 Å². The summed E-state index contributed by atoms with van der Waals surface area (Å²) in [7, 11) is 0. The summed E-state index contributed by atoms with van der Waals surface area (Å²) in [5.74, 6) is 0. The van der Waals surface area contributed by atoms with E-state index in [2.05, 4.69) is 4.90 Å². The molecule has 1 aromatic rings. The predicted octanol–water partition coefficient (Wildman–Crippen LogP) is 3.28. The Hall–Kier alpha value is -1.55. The highest BCUT2D eigenvalue weighted by Gasteiger charge is 2.46. The van der Waals surface area contributed by atoms with Crippen molar-refractivity contribution in [3.05, 3.63) is 30.3 Å². The number of amides is 2. The van der Waals surface area contributed by atoms with Gasteiger partial charge in [-0.1, -0.05) is 18.2 Å². The van der Waals surface area contributed by atoms with Gasteiger partial charge >= 0.3 is 6.03 Å². The minimum atomic E-state index is 0.0514. The van der Waals surface area contributed by atoms with E-state index in [9.17, 15) is 4.79 Å². The van der Waals surface area contributed by atoms with E-state index in [1.54, 1.807) is 0 Å². The molecule has 1 saturated heterocycles. The first-order valence-electron chi connectivity index (χ1n) is 7.99. The highest BCUT2D eigenvalue weighted by molar-refractivity contribution is 5.92. The molecule has 0 aromatic heterocycles. The highest BCUT2D eigenvalue weighted by atomic mass is 16.5. The van der Waals surface area contributed by atoms with Crippen molar-refractivity contribution in [3.63, 3.8) is 0 Å². The Morgan fingerprint density at radius 2 is 2.00 bits per heavy atom. The number of anilines is 1. The van der Waals surface area contributed by atoms with Crippen LogP contribution in [0.1, 0.15) is 32.6 Å². The van der Waals surface area contributed by atoms with Crippen molar-refractivity contribution in [1.82, 2.24) is 4.90 Å². The molecule has 4 heteroatoms. The molecule has 1 aromatic carbocycles. The van der Waals surface area contributed by atoms with E-state index in [0.29, 0.717) is 19.7 Å². The second-order valence-corrected chi connectivity index (χ2v) is 5.95. The van der Waals surface area contributed by atoms with Crippen LogP contribution in [0.5, 0.6) is 0 Å². The third-order valence-electron chi connectivity index (χ3n) is 4.87. The van der Waals surface area contributed by atoms with Crippen LogP contribution in [0, 0.1) is 0 Å². The number of urea groups is 1. The van der Waals surface area contributed by atoms with Crippen molar-refractivity contribution in [2.75, 3.05) is 31.2 Å². The van der Waals surface area contributed by atoms with Gasteiger partial charge in [0.1, 0.15) is 0 Å². The summed E-state index contributed by atoms with van der Waals surface area (Å²) in [6.07, 6.45) is 4.44. The highest BCUT2D eigenvalue weighted by Crippen LogP contribution is 2.42. The molecule has 114 valence electrons. The van der Waals surface area contributed by atoms with Crippen LogP contribution in [0.15, 0.2) is 30.3 Å². The van der Waals surface area contributed by atoms with Crippen molar-refractivity contribution in [1.29, 1.82) is 0 Å². The summed E-state index contributed by atoms with van der Waals surface area (Å²) in [5.41, 5.74) is 1.03. The molecule has 1 heterocycles. The van der Waals surface area contributed by atoms with Gasteiger partial charge in [-0.05, 0) is 44.7 Å². The molecule has 1 spiro atoms. The van der Waals surface area contributed by atoms with Crippen LogP contribution >= 0.6 is 0 Å². The molecule has 0 atom stereocenters. The van der Waals surface area contributed by atoms with Crippen LogP contribution in [-0.4, -0.2) is 42.8 Å². The second-order valence-electron chi connectivity index (χ2n) is 5.95. The van der Waals surface area contributed by atoms with E-state index in [1.807, 2.05) is 42.2 Å². The Bertz CT molecular complexity index is 485. The van der Waals surface area contributed by atoms with Crippen LogP contribution in [0.4, 0.5) is 10.5 Å². The SMILES string of the molecule is CCN(C(=O)N1CCOCCC12CCC2)c1ccccc1. The van der Waals surface area contributed by atoms with Crippen LogP contribution < -0.4 is 4.90 Å². The van der Waals surface area contributed by atoms with Gasteiger partial charge in [0.05, 0.1) is 6.61 Å². The summed E-state index contributed by atoms with van der Waals surface area (Å²) < 4.78 is 5.61. The monoisotopic (exact) mass is 288 g/mol. The third kappa shape index (κ3) is 2.64. The molecule has 1 saturated carbocycles. The zero-order valence-electron chi connectivity index (χ0n) is 12.8. The fourth-order valence-electron chi connectivity index (χ4n) is 3.48. The molecule has 0 N–H and O–H groups in total. The van der Waals surface area contributed by atoms with E-state index in [4.69, 9.17) is 4.74 Å². The van der Waals surface area contributed by atoms with Crippen LogP contribution in [0.25, 0.3) is 0 Å². The van der Waals surface area contributed by atoms with Gasteiger partial charge in [0.2, 0.25) is 0 Å². The molecule has 3 rings (SSSR count). The molecule has 21 heavy (non-hydrogen) atoms. The fraction of sp³-hybridized carbons (Fsp3) is 0.588. The van der Waals surface area contributed by atoms with Crippen molar-refractivity contribution >= 4 is 11.7 Å². The van der Waals surface area contributed by atoms with E-state index >= 15 is 0 Å². The molecule has 2 amide bonds. The topological polar surface area (TPSA) is 32.8 Å². The Morgan fingerprint density at radius 3 is 2.62 bits per heavy atom. The van der Waals surface area contributed by atoms with Crippen molar-refractivity contribution in [2.24, 2.45) is 0 Å². The lowest BCUT2D eigenvalue weighted by atomic mass is 9.73. The number of nitrogens with zero attached hydrogens (tertiary/aromatic N) is 2. The van der Waals surface area contributed by atoms with Crippen LogP contribution in [0.2, 0.25) is 0 Å². The Balaban J connectivity index is 1.84. The minimum Gasteiger partial charge on any atom is -0.380 e. The van der Waals surface area contributed by atoms with E-state index in [0.717, 1.165) is 31.6 Å². The molecule has 2 fully saturated rings. The van der Waals surface area contributed by atoms with Gasteiger partial charge in [-0.15, -0.1) is 0 Å². The van der Waals surface area contributed by atoms with Crippen molar-refractivity contribution in [2.45, 2.75) is 38.1 Å². The van der Waals surface area contributed by atoms with Gasteiger partial charge in [-0.3, -0.25) is 4.90 Å². The second kappa shape index (κ2) is 6.06. The smallest absolute Gasteiger partial charge is 0.325 e. The summed E-state index contributed by atoms with van der Waals surface area (Å²) in [6.45, 7) is 4.87. The average molecular weight is 288 g/mol. The van der Waals surface area contributed by atoms with Gasteiger partial charge in [0, 0.05) is 30.9 Å². The van der Waals surface area contributed by atoms with Gasteiger partial charge < -0.3 is 9.64 Å². The first-order chi connectivity index (χ1) is 10.3. The van der Waals surface area contributed by atoms with Crippen molar-refractivity contribution < 1.29 is 9.53 Å². The lowest BCUT2D eigenvalue weighted by molar-refractivity contribution is 0.0521. The van der Waals surface area contributed by atoms with E-state index in [-0.39, 0.29) is 11.6 Å². The van der Waals surface area contributed by atoms with Gasteiger partial charge in [0.15, 0.2) is 0 Å². The molecule has 0 bridgehead atoms. The lowest BCUT2D eigenvalue weighted by Crippen LogP contribution is -2.59. The standard InChI is InChI=1S/C17H24N2O2/c1-2-18(15-7-4-3-5-8-15)16(20)19-12-14-21-13-11-17(19)9-6-10-17/h3-5,7-8H,2,6,9-14H2,1H3. The van der Waals surface area contributed by atoms with Gasteiger partial charge in [-0.25, -0.2) is 4.79 Å². The number of ether oxygens (including phenoxy) is 1. The number of carbonyl (C=O) groups excluding carboxylic acids is 1. The maximum atomic E-state index is 13.1. The molecular formula is C17H24N2O2. The Kier molecular flexibility index (Phi) is 4.15. The normalized spacial score (nSPS) is 20.7. The average Bonchev–Trinajstić information content (AvgIpc) is 2.71. The Labute approximate surface area is 126 Å². The fourth-order valence-corrected chi connectivity index (χ4v) is 3.48. The zero-order chi connectivity index (χ0) is 14.7. The van der Waals surface area contributed by atoms with Crippen molar-refractivity contribution in [3.8, 4) is 0 Å². The van der Waals surface area contributed by atoms with E-state index in [1.165, 1.54) is 6.42 Å². The molecular weight excluding hydrogens is 264 g/mol. The maximum absolute atomic E-state index is 13.1. The molecule has 0 unspecified atom stereocenters. The number of hydrogen-bond acceptors (Lipinski definition) is 2. The van der Waals surface area contributed by atoms with Gasteiger partial charge in [-0.2, -0.15) is 0 Å². The number of rotatable bonds is 2. The molecule has 1 aliphatic carbocycles. The quantitative estimate of drug-likeness (QED) is 0.836. The summed E-state index contributed by atoms with van der Waals surface area (Å²) in [5, 5.41) is 0. The zero-order valence-corrected chi connectivity index (χ0v) is 12.8. The number of hydrogen-bond donors (Lipinski definition) is 0. The first kappa shape index (κ1) is 14.4. The van der Waals surface area contributed by atoms with Crippen LogP contribution in [0.3, 0.4) is 0 Å². The first-order valence-corrected chi connectivity index (χ1v) is 7.99. The number of benzene rings is 1. The Morgan fingerprint density at radius 1 is 1.24 bits per heavy atom. The van der Waals surface area contributed by atoms with E-state index < -0.39 is 0 Å². The van der Waals surface area contributed by atoms with Gasteiger partial charge in [0.25, 0.3) is 0 Å². The molecule has 1 aliphatic heterocycles. The third-order valence-corrected chi connectivity index (χ3v) is 4.87. The largest absolute Gasteiger partial charge is 0.380 e. The summed E-state index contributed by atoms with van der Waals surface area (Å²) in [4.78, 5) is 17.1. The molecule has 4 nitrogen and oxygen atoms in total. The number of para-hydroxylation sites is 1. The lowest BCUT2D eigenvalue weighted by Gasteiger charge is -2.50. The maximum Gasteiger partial charge on any atom is 0.325 e. The minimum absolute atomic E-state index is 0.0514. The summed E-state index contributed by atoms with van der Waals surface area (Å²) >= 11 is 0. The predicted molar refractivity (Wildman–Crippen MR) is 83.6 cm³/mol. The molecule has 2 aliphatic rings. The summed E-state index contributed by atoms with van der Waals surface area (Å²) in [6, 6.07) is 10.1. The molecule has 0 radical (unpaired) electrons. The number of carbonyl (C=O) groups is 1.